The van der Waals surface area contributed by atoms with E-state index in [-0.39, 0.29) is 29.6 Å². The van der Waals surface area contributed by atoms with Crippen molar-refractivity contribution in [2.45, 2.75) is 6.42 Å². The molecular weight excluding hydrogens is 393 g/mol. The van der Waals surface area contributed by atoms with Crippen LogP contribution in [0.4, 0.5) is 5.69 Å². The molecule has 0 radical (unpaired) electrons. The molecule has 0 bridgehead atoms. The third-order valence-corrected chi connectivity index (χ3v) is 5.22. The smallest absolute Gasteiger partial charge is 0.316 e. The molecule has 0 saturated carbocycles. The zero-order chi connectivity index (χ0) is 19.0. The van der Waals surface area contributed by atoms with Crippen LogP contribution in [-0.2, 0) is 9.59 Å². The van der Waals surface area contributed by atoms with Crippen LogP contribution in [-0.4, -0.2) is 31.6 Å². The summed E-state index contributed by atoms with van der Waals surface area (Å²) in [5.41, 5.74) is 0.653. The molecule has 1 atom stereocenters. The molecule has 8 heteroatoms. The van der Waals surface area contributed by atoms with Gasteiger partial charge in [0.1, 0.15) is 18.2 Å². The van der Waals surface area contributed by atoms with E-state index in [0.29, 0.717) is 35.4 Å². The number of anilines is 1. The second-order valence-corrected chi connectivity index (χ2v) is 6.99. The number of hydrogen-bond acceptors (Lipinski definition) is 5. The number of halogens is 2. The second kappa shape index (κ2) is 7.29. The van der Waals surface area contributed by atoms with E-state index in [1.807, 2.05) is 0 Å². The number of rotatable bonds is 3. The van der Waals surface area contributed by atoms with Gasteiger partial charge in [0.15, 0.2) is 17.2 Å². The lowest BCUT2D eigenvalue weighted by molar-refractivity contribution is -0.139. The zero-order valence-corrected chi connectivity index (χ0v) is 15.6. The van der Waals surface area contributed by atoms with Gasteiger partial charge in [-0.25, -0.2) is 0 Å². The summed E-state index contributed by atoms with van der Waals surface area (Å²) in [5.74, 6) is 0.130. The Balaban J connectivity index is 1.49. The number of ether oxygens (including phenoxy) is 3. The van der Waals surface area contributed by atoms with Gasteiger partial charge in [-0.15, -0.1) is 0 Å². The van der Waals surface area contributed by atoms with Gasteiger partial charge in [0.25, 0.3) is 0 Å². The molecule has 2 aliphatic heterocycles. The van der Waals surface area contributed by atoms with Crippen LogP contribution in [0.3, 0.4) is 0 Å². The zero-order valence-electron chi connectivity index (χ0n) is 14.1. The quantitative estimate of drug-likeness (QED) is 0.572. The van der Waals surface area contributed by atoms with E-state index < -0.39 is 11.9 Å². The van der Waals surface area contributed by atoms with Crippen molar-refractivity contribution in [2.24, 2.45) is 5.92 Å². The van der Waals surface area contributed by atoms with Gasteiger partial charge >= 0.3 is 5.97 Å². The van der Waals surface area contributed by atoms with Crippen molar-refractivity contribution in [2.75, 3.05) is 24.7 Å². The number of fused-ring (bicyclic) bond motifs is 1. The summed E-state index contributed by atoms with van der Waals surface area (Å²) in [4.78, 5) is 26.5. The molecule has 2 aromatic carbocycles. The highest BCUT2D eigenvalue weighted by Gasteiger charge is 2.37. The van der Waals surface area contributed by atoms with E-state index in [0.717, 1.165) is 0 Å². The average Bonchev–Trinajstić information content (AvgIpc) is 3.07. The molecule has 0 unspecified atom stereocenters. The van der Waals surface area contributed by atoms with Gasteiger partial charge in [-0.3, -0.25) is 9.59 Å². The highest BCUT2D eigenvalue weighted by Crippen LogP contribution is 2.37. The number of esters is 1. The van der Waals surface area contributed by atoms with E-state index >= 15 is 0 Å². The van der Waals surface area contributed by atoms with Gasteiger partial charge in [-0.2, -0.15) is 0 Å². The first-order valence-electron chi connectivity index (χ1n) is 8.38. The van der Waals surface area contributed by atoms with Crippen molar-refractivity contribution in [3.63, 3.8) is 0 Å². The summed E-state index contributed by atoms with van der Waals surface area (Å²) >= 11 is 12.0. The molecular formula is C19H15Cl2NO5. The summed E-state index contributed by atoms with van der Waals surface area (Å²) < 4.78 is 16.4. The number of nitrogens with zero attached hydrogens (tertiary/aromatic N) is 1. The van der Waals surface area contributed by atoms with Crippen LogP contribution in [0.15, 0.2) is 36.4 Å². The number of amides is 1. The Hall–Kier alpha value is -2.44. The summed E-state index contributed by atoms with van der Waals surface area (Å²) in [7, 11) is 0. The van der Waals surface area contributed by atoms with E-state index in [4.69, 9.17) is 37.4 Å². The maximum atomic E-state index is 12.5. The topological polar surface area (TPSA) is 65.1 Å². The largest absolute Gasteiger partial charge is 0.486 e. The summed E-state index contributed by atoms with van der Waals surface area (Å²) in [6, 6.07) is 10.1. The number of benzene rings is 2. The fourth-order valence-corrected chi connectivity index (χ4v) is 3.40. The SMILES string of the molecule is O=C(Oc1cccc(Cl)c1Cl)[C@@H]1CC(=O)N(c2ccc3c(c2)OCCO3)C1. The summed E-state index contributed by atoms with van der Waals surface area (Å²) in [6.07, 6.45) is 0.0610. The molecule has 0 N–H and O–H groups in total. The van der Waals surface area contributed by atoms with Crippen LogP contribution in [0.1, 0.15) is 6.42 Å². The molecule has 1 amide bonds. The molecule has 4 rings (SSSR count). The molecule has 140 valence electrons. The second-order valence-electron chi connectivity index (χ2n) is 6.21. The lowest BCUT2D eigenvalue weighted by Gasteiger charge is -2.22. The number of hydrogen-bond donors (Lipinski definition) is 0. The van der Waals surface area contributed by atoms with Crippen molar-refractivity contribution in [1.82, 2.24) is 0 Å². The lowest BCUT2D eigenvalue weighted by atomic mass is 10.1. The Morgan fingerprint density at radius 1 is 1.11 bits per heavy atom. The van der Waals surface area contributed by atoms with Crippen LogP contribution in [0, 0.1) is 5.92 Å². The Morgan fingerprint density at radius 2 is 1.89 bits per heavy atom. The van der Waals surface area contributed by atoms with E-state index in [1.165, 1.54) is 0 Å². The Bertz CT molecular complexity index is 917. The van der Waals surface area contributed by atoms with Gasteiger partial charge in [-0.05, 0) is 24.3 Å². The van der Waals surface area contributed by atoms with Crippen LogP contribution in [0.2, 0.25) is 10.0 Å². The molecule has 2 aliphatic rings. The Morgan fingerprint density at radius 3 is 2.70 bits per heavy atom. The number of carbonyl (C=O) groups is 2. The predicted octanol–water partition coefficient (Wildman–Crippen LogP) is 3.72. The van der Waals surface area contributed by atoms with Crippen molar-refractivity contribution in [1.29, 1.82) is 0 Å². The number of carbonyl (C=O) groups excluding carboxylic acids is 2. The van der Waals surface area contributed by atoms with Gasteiger partial charge < -0.3 is 19.1 Å². The Labute approximate surface area is 165 Å². The van der Waals surface area contributed by atoms with Gasteiger partial charge in [-0.1, -0.05) is 29.3 Å². The molecule has 6 nitrogen and oxygen atoms in total. The minimum atomic E-state index is -0.597. The summed E-state index contributed by atoms with van der Waals surface area (Å²) in [6.45, 7) is 1.17. The molecule has 0 spiro atoms. The van der Waals surface area contributed by atoms with Crippen LogP contribution in [0.25, 0.3) is 0 Å². The maximum absolute atomic E-state index is 12.5. The Kier molecular flexibility index (Phi) is 4.85. The molecule has 2 heterocycles. The van der Waals surface area contributed by atoms with Crippen molar-refractivity contribution in [3.05, 3.63) is 46.4 Å². The van der Waals surface area contributed by atoms with Crippen LogP contribution >= 0.6 is 23.2 Å². The van der Waals surface area contributed by atoms with Crippen molar-refractivity contribution in [3.8, 4) is 17.2 Å². The van der Waals surface area contributed by atoms with Gasteiger partial charge in [0.2, 0.25) is 5.91 Å². The van der Waals surface area contributed by atoms with E-state index in [1.54, 1.807) is 41.3 Å². The van der Waals surface area contributed by atoms with E-state index in [2.05, 4.69) is 0 Å². The van der Waals surface area contributed by atoms with Crippen LogP contribution < -0.4 is 19.1 Å². The normalized spacial score (nSPS) is 18.5. The highest BCUT2D eigenvalue weighted by atomic mass is 35.5. The fraction of sp³-hybridized carbons (Fsp3) is 0.263. The molecule has 1 fully saturated rings. The molecule has 0 aromatic heterocycles. The van der Waals surface area contributed by atoms with Crippen molar-refractivity contribution < 1.29 is 23.8 Å². The molecule has 1 saturated heterocycles. The third kappa shape index (κ3) is 3.55. The van der Waals surface area contributed by atoms with Gasteiger partial charge in [0.05, 0.1) is 10.9 Å². The third-order valence-electron chi connectivity index (χ3n) is 4.42. The first kappa shape index (κ1) is 17.9. The highest BCUT2D eigenvalue weighted by molar-refractivity contribution is 6.43. The standard InChI is InChI=1S/C19H15Cl2NO5/c20-13-2-1-3-15(18(13)21)27-19(24)11-8-17(23)22(10-11)12-4-5-14-16(9-12)26-7-6-25-14/h1-5,9,11H,6-8,10H2/t11-/m1/s1. The van der Waals surface area contributed by atoms with Crippen molar-refractivity contribution >= 4 is 40.8 Å². The average molecular weight is 408 g/mol. The molecule has 27 heavy (non-hydrogen) atoms. The van der Waals surface area contributed by atoms with Crippen LogP contribution in [0.5, 0.6) is 17.2 Å². The fourth-order valence-electron chi connectivity index (χ4n) is 3.07. The predicted molar refractivity (Wildman–Crippen MR) is 100.0 cm³/mol. The molecule has 2 aromatic rings. The van der Waals surface area contributed by atoms with Gasteiger partial charge in [0, 0.05) is 24.7 Å². The maximum Gasteiger partial charge on any atom is 0.316 e. The van der Waals surface area contributed by atoms with E-state index in [9.17, 15) is 9.59 Å². The first-order chi connectivity index (χ1) is 13.0. The lowest BCUT2D eigenvalue weighted by Crippen LogP contribution is -2.27. The minimum absolute atomic E-state index is 0.0610. The monoisotopic (exact) mass is 407 g/mol. The first-order valence-corrected chi connectivity index (χ1v) is 9.14. The molecule has 0 aliphatic carbocycles. The minimum Gasteiger partial charge on any atom is -0.486 e. The summed E-state index contributed by atoms with van der Waals surface area (Å²) in [5, 5.41) is 0.461.